The summed E-state index contributed by atoms with van der Waals surface area (Å²) in [5.41, 5.74) is 1.27. The maximum Gasteiger partial charge on any atom is 0.134 e. The average molecular weight is 359 g/mol. The zero-order valence-electron chi connectivity index (χ0n) is 12.4. The van der Waals surface area contributed by atoms with Gasteiger partial charge in [0.25, 0.3) is 0 Å². The highest BCUT2D eigenvalue weighted by Gasteiger charge is 2.25. The molecule has 2 heterocycles. The van der Waals surface area contributed by atoms with Crippen LogP contribution in [0.25, 0.3) is 0 Å². The van der Waals surface area contributed by atoms with E-state index in [4.69, 9.17) is 16.3 Å². The summed E-state index contributed by atoms with van der Waals surface area (Å²) in [6.07, 6.45) is 0. The fourth-order valence-corrected chi connectivity index (χ4v) is 3.85. The van der Waals surface area contributed by atoms with Crippen LogP contribution in [-0.4, -0.2) is 31.6 Å². The van der Waals surface area contributed by atoms with E-state index in [-0.39, 0.29) is 12.4 Å². The number of benzene rings is 1. The van der Waals surface area contributed by atoms with Crippen molar-refractivity contribution in [2.24, 2.45) is 0 Å². The molecule has 0 bridgehead atoms. The summed E-state index contributed by atoms with van der Waals surface area (Å²) in [6.45, 7) is 3.91. The molecule has 1 saturated heterocycles. The van der Waals surface area contributed by atoms with Crippen LogP contribution in [0, 0.1) is 0 Å². The van der Waals surface area contributed by atoms with Crippen LogP contribution in [0.3, 0.4) is 0 Å². The lowest BCUT2D eigenvalue weighted by Crippen LogP contribution is -2.45. The smallest absolute Gasteiger partial charge is 0.134 e. The highest BCUT2D eigenvalue weighted by atomic mass is 35.5. The summed E-state index contributed by atoms with van der Waals surface area (Å²) in [5.74, 6) is 0.989. The SMILES string of the molecule is COc1ccsc1CN1CCNCC1c1cccc(Cl)c1.Cl. The molecule has 22 heavy (non-hydrogen) atoms. The number of hydrogen-bond acceptors (Lipinski definition) is 4. The molecule has 1 atom stereocenters. The minimum atomic E-state index is 0. The van der Waals surface area contributed by atoms with E-state index in [1.807, 2.05) is 18.2 Å². The molecule has 3 rings (SSSR count). The predicted octanol–water partition coefficient (Wildman–Crippen LogP) is 3.98. The third kappa shape index (κ3) is 3.94. The minimum absolute atomic E-state index is 0. The van der Waals surface area contributed by atoms with Crippen molar-refractivity contribution in [3.8, 4) is 5.75 Å². The molecule has 6 heteroatoms. The van der Waals surface area contributed by atoms with Crippen molar-refractivity contribution in [2.75, 3.05) is 26.7 Å². The van der Waals surface area contributed by atoms with Gasteiger partial charge in [0.2, 0.25) is 0 Å². The van der Waals surface area contributed by atoms with Gasteiger partial charge in [-0.3, -0.25) is 4.90 Å². The van der Waals surface area contributed by atoms with Gasteiger partial charge >= 0.3 is 0 Å². The normalized spacial score (nSPS) is 18.7. The van der Waals surface area contributed by atoms with Crippen molar-refractivity contribution in [3.63, 3.8) is 0 Å². The molecule has 1 unspecified atom stereocenters. The highest BCUT2D eigenvalue weighted by Crippen LogP contribution is 2.31. The van der Waals surface area contributed by atoms with Crippen LogP contribution in [0.4, 0.5) is 0 Å². The predicted molar refractivity (Wildman–Crippen MR) is 95.6 cm³/mol. The van der Waals surface area contributed by atoms with Crippen LogP contribution in [0.15, 0.2) is 35.7 Å². The second-order valence-corrected chi connectivity index (χ2v) is 6.59. The molecule has 2 aromatic rings. The Balaban J connectivity index is 0.00000176. The summed E-state index contributed by atoms with van der Waals surface area (Å²) in [4.78, 5) is 3.78. The van der Waals surface area contributed by atoms with Gasteiger partial charge in [-0.15, -0.1) is 23.7 Å². The quantitative estimate of drug-likeness (QED) is 0.894. The van der Waals surface area contributed by atoms with E-state index < -0.39 is 0 Å². The molecule has 1 aromatic heterocycles. The second kappa shape index (κ2) is 8.18. The van der Waals surface area contributed by atoms with Crippen LogP contribution < -0.4 is 10.1 Å². The van der Waals surface area contributed by atoms with Crippen LogP contribution >= 0.6 is 35.3 Å². The van der Waals surface area contributed by atoms with E-state index >= 15 is 0 Å². The van der Waals surface area contributed by atoms with E-state index in [0.717, 1.165) is 37.0 Å². The Morgan fingerprint density at radius 3 is 3.05 bits per heavy atom. The highest BCUT2D eigenvalue weighted by molar-refractivity contribution is 7.10. The zero-order valence-corrected chi connectivity index (χ0v) is 14.8. The number of nitrogens with one attached hydrogen (secondary N) is 1. The monoisotopic (exact) mass is 358 g/mol. The number of nitrogens with zero attached hydrogens (tertiary/aromatic N) is 1. The van der Waals surface area contributed by atoms with Crippen LogP contribution in [0.1, 0.15) is 16.5 Å². The Labute approximate surface area is 146 Å². The molecule has 0 radical (unpaired) electrons. The van der Waals surface area contributed by atoms with Crippen molar-refractivity contribution in [1.29, 1.82) is 0 Å². The van der Waals surface area contributed by atoms with Gasteiger partial charge in [0.05, 0.1) is 12.0 Å². The molecule has 120 valence electrons. The first-order valence-electron chi connectivity index (χ1n) is 7.08. The maximum absolute atomic E-state index is 6.15. The van der Waals surface area contributed by atoms with Gasteiger partial charge in [0.1, 0.15) is 5.75 Å². The lowest BCUT2D eigenvalue weighted by molar-refractivity contribution is 0.154. The van der Waals surface area contributed by atoms with Crippen LogP contribution in [0.5, 0.6) is 5.75 Å². The fourth-order valence-electron chi connectivity index (χ4n) is 2.79. The average Bonchev–Trinajstić information content (AvgIpc) is 2.95. The molecule has 1 aromatic carbocycles. The van der Waals surface area contributed by atoms with Crippen molar-refractivity contribution < 1.29 is 4.74 Å². The van der Waals surface area contributed by atoms with Gasteiger partial charge in [-0.25, -0.2) is 0 Å². The Kier molecular flexibility index (Phi) is 6.53. The number of methoxy groups -OCH3 is 1. The Bertz CT molecular complexity index is 605. The van der Waals surface area contributed by atoms with E-state index in [9.17, 15) is 0 Å². The Morgan fingerprint density at radius 2 is 2.27 bits per heavy atom. The first-order valence-corrected chi connectivity index (χ1v) is 8.34. The molecule has 1 N–H and O–H groups in total. The lowest BCUT2D eigenvalue weighted by atomic mass is 10.0. The summed E-state index contributed by atoms with van der Waals surface area (Å²) >= 11 is 7.90. The third-order valence-corrected chi connectivity index (χ3v) is 4.98. The largest absolute Gasteiger partial charge is 0.496 e. The first kappa shape index (κ1) is 17.6. The second-order valence-electron chi connectivity index (χ2n) is 5.16. The molecule has 3 nitrogen and oxygen atoms in total. The Morgan fingerprint density at radius 1 is 1.41 bits per heavy atom. The number of rotatable bonds is 4. The van der Waals surface area contributed by atoms with Gasteiger partial charge in [0, 0.05) is 37.2 Å². The number of halogens is 2. The van der Waals surface area contributed by atoms with E-state index in [1.54, 1.807) is 18.4 Å². The molecule has 1 fully saturated rings. The van der Waals surface area contributed by atoms with E-state index in [2.05, 4.69) is 27.7 Å². The molecule has 1 aliphatic rings. The third-order valence-electron chi connectivity index (χ3n) is 3.86. The zero-order chi connectivity index (χ0) is 14.7. The Hall–Kier alpha value is -0.780. The van der Waals surface area contributed by atoms with Crippen molar-refractivity contribution in [3.05, 3.63) is 51.2 Å². The fraction of sp³-hybridized carbons (Fsp3) is 0.375. The molecule has 0 saturated carbocycles. The molecule has 1 aliphatic heterocycles. The van der Waals surface area contributed by atoms with Crippen molar-refractivity contribution in [1.82, 2.24) is 10.2 Å². The molecular formula is C16H20Cl2N2OS. The number of hydrogen-bond donors (Lipinski definition) is 1. The van der Waals surface area contributed by atoms with Gasteiger partial charge in [-0.05, 0) is 29.1 Å². The van der Waals surface area contributed by atoms with Gasteiger partial charge in [-0.2, -0.15) is 0 Å². The first-order chi connectivity index (χ1) is 10.3. The number of ether oxygens (including phenoxy) is 1. The molecule has 0 amide bonds. The molecule has 0 spiro atoms. The summed E-state index contributed by atoms with van der Waals surface area (Å²) < 4.78 is 5.43. The van der Waals surface area contributed by atoms with Crippen molar-refractivity contribution in [2.45, 2.75) is 12.6 Å². The van der Waals surface area contributed by atoms with E-state index in [0.29, 0.717) is 6.04 Å². The standard InChI is InChI=1S/C16H19ClN2OS.ClH/c1-20-15-5-8-21-16(15)11-19-7-6-18-10-14(19)12-3-2-4-13(17)9-12;/h2-5,8-9,14,18H,6-7,10-11H2,1H3;1H. The molecule has 0 aliphatic carbocycles. The summed E-state index contributed by atoms with van der Waals surface area (Å²) in [5, 5.41) is 6.36. The summed E-state index contributed by atoms with van der Waals surface area (Å²) in [7, 11) is 1.73. The van der Waals surface area contributed by atoms with Crippen molar-refractivity contribution >= 4 is 35.3 Å². The van der Waals surface area contributed by atoms with E-state index in [1.165, 1.54) is 10.4 Å². The number of piperazine rings is 1. The van der Waals surface area contributed by atoms with Gasteiger partial charge in [0.15, 0.2) is 0 Å². The topological polar surface area (TPSA) is 24.5 Å². The van der Waals surface area contributed by atoms with Crippen LogP contribution in [-0.2, 0) is 6.54 Å². The van der Waals surface area contributed by atoms with Gasteiger partial charge in [-0.1, -0.05) is 23.7 Å². The molecular weight excluding hydrogens is 339 g/mol. The lowest BCUT2D eigenvalue weighted by Gasteiger charge is -2.36. The minimum Gasteiger partial charge on any atom is -0.496 e. The number of thiophene rings is 1. The van der Waals surface area contributed by atoms with Crippen LogP contribution in [0.2, 0.25) is 5.02 Å². The summed E-state index contributed by atoms with van der Waals surface area (Å²) in [6, 6.07) is 10.6. The van der Waals surface area contributed by atoms with Gasteiger partial charge < -0.3 is 10.1 Å². The maximum atomic E-state index is 6.15.